The number of nitrogens with one attached hydrogen (secondary N) is 4. The summed E-state index contributed by atoms with van der Waals surface area (Å²) in [5, 5.41) is 5.89. The molecule has 8 heteroatoms. The molecule has 0 bridgehead atoms. The topological polar surface area (TPSA) is 82.3 Å². The monoisotopic (exact) mass is 464 g/mol. The molecule has 0 aromatic heterocycles. The molecule has 0 aliphatic carbocycles. The first-order chi connectivity index (χ1) is 15.6. The number of hydrogen-bond donors (Lipinski definition) is 4. The molecular weight excluding hydrogens is 439 g/mol. The van der Waals surface area contributed by atoms with Crippen LogP contribution in [-0.2, 0) is 5.41 Å². The van der Waals surface area contributed by atoms with E-state index in [1.54, 1.807) is 36.4 Å². The molecule has 0 spiro atoms. The Morgan fingerprint density at radius 2 is 1.18 bits per heavy atom. The van der Waals surface area contributed by atoms with Crippen LogP contribution >= 0.6 is 12.2 Å². The molecule has 3 aromatic rings. The Morgan fingerprint density at radius 3 is 1.73 bits per heavy atom. The van der Waals surface area contributed by atoms with Crippen molar-refractivity contribution in [2.75, 3.05) is 10.6 Å². The van der Waals surface area contributed by atoms with Crippen LogP contribution in [-0.4, -0.2) is 16.9 Å². The van der Waals surface area contributed by atoms with E-state index in [0.717, 1.165) is 5.56 Å². The number of benzene rings is 3. The SMILES string of the molecule is CC(C)(C)c1ccc(C(=O)NNC(=S)Nc2ccc(NC(=O)c3ccc(F)cc3)cc2)cc1. The van der Waals surface area contributed by atoms with E-state index in [1.807, 2.05) is 12.1 Å². The molecule has 0 fully saturated rings. The zero-order valence-electron chi connectivity index (χ0n) is 18.5. The predicted octanol–water partition coefficient (Wildman–Crippen LogP) is 5.01. The van der Waals surface area contributed by atoms with E-state index in [4.69, 9.17) is 12.2 Å². The molecule has 0 saturated heterocycles. The molecule has 0 atom stereocenters. The van der Waals surface area contributed by atoms with E-state index in [0.29, 0.717) is 22.5 Å². The van der Waals surface area contributed by atoms with Gasteiger partial charge in [0, 0.05) is 22.5 Å². The summed E-state index contributed by atoms with van der Waals surface area (Å²) in [5.74, 6) is -1.05. The minimum absolute atomic E-state index is 0.0120. The Kier molecular flexibility index (Phi) is 7.40. The smallest absolute Gasteiger partial charge is 0.269 e. The van der Waals surface area contributed by atoms with Crippen LogP contribution < -0.4 is 21.5 Å². The molecule has 0 radical (unpaired) electrons. The lowest BCUT2D eigenvalue weighted by Crippen LogP contribution is -2.43. The molecule has 2 amide bonds. The molecule has 33 heavy (non-hydrogen) atoms. The Balaban J connectivity index is 1.48. The molecule has 170 valence electrons. The molecule has 0 saturated carbocycles. The van der Waals surface area contributed by atoms with Crippen LogP contribution in [0.4, 0.5) is 15.8 Å². The third kappa shape index (κ3) is 6.85. The molecule has 6 nitrogen and oxygen atoms in total. The number of rotatable bonds is 4. The average Bonchev–Trinajstić information content (AvgIpc) is 2.78. The van der Waals surface area contributed by atoms with E-state index in [-0.39, 0.29) is 22.3 Å². The Morgan fingerprint density at radius 1 is 0.697 bits per heavy atom. The van der Waals surface area contributed by atoms with Gasteiger partial charge in [-0.25, -0.2) is 4.39 Å². The molecule has 4 N–H and O–H groups in total. The molecular formula is C25H25FN4O2S. The molecule has 0 unspecified atom stereocenters. The van der Waals surface area contributed by atoms with Crippen molar-refractivity contribution in [1.82, 2.24) is 10.9 Å². The Hall–Kier alpha value is -3.78. The van der Waals surface area contributed by atoms with Crippen molar-refractivity contribution in [2.45, 2.75) is 26.2 Å². The summed E-state index contributed by atoms with van der Waals surface area (Å²) in [6, 6.07) is 19.5. The van der Waals surface area contributed by atoms with Gasteiger partial charge in [0.1, 0.15) is 5.82 Å². The summed E-state index contributed by atoms with van der Waals surface area (Å²) in [6.07, 6.45) is 0. The Bertz CT molecular complexity index is 1140. The van der Waals surface area contributed by atoms with Crippen molar-refractivity contribution in [2.24, 2.45) is 0 Å². The van der Waals surface area contributed by atoms with E-state index in [9.17, 15) is 14.0 Å². The van der Waals surface area contributed by atoms with Crippen LogP contribution in [0.1, 0.15) is 47.1 Å². The van der Waals surface area contributed by atoms with Gasteiger partial charge in [-0.3, -0.25) is 20.4 Å². The summed E-state index contributed by atoms with van der Waals surface area (Å²) in [7, 11) is 0. The third-order valence-electron chi connectivity index (χ3n) is 4.81. The standard InChI is InChI=1S/C25H25FN4O2S/c1-25(2,3)18-8-4-17(5-9-18)23(32)29-30-24(33)28-21-14-12-20(13-15-21)27-22(31)16-6-10-19(26)11-7-16/h4-15H,1-3H3,(H,27,31)(H,29,32)(H2,28,30,33). The van der Waals surface area contributed by atoms with Gasteiger partial charge in [-0.05, 0) is 83.9 Å². The van der Waals surface area contributed by atoms with Gasteiger partial charge in [0.25, 0.3) is 11.8 Å². The van der Waals surface area contributed by atoms with Crippen LogP contribution in [0.5, 0.6) is 0 Å². The number of hydrazine groups is 1. The number of thiocarbonyl (C=S) groups is 1. The number of anilines is 2. The third-order valence-corrected chi connectivity index (χ3v) is 5.01. The van der Waals surface area contributed by atoms with Crippen LogP contribution in [0, 0.1) is 5.82 Å². The van der Waals surface area contributed by atoms with Crippen LogP contribution in [0.25, 0.3) is 0 Å². The Labute approximate surface area is 197 Å². The fourth-order valence-electron chi connectivity index (χ4n) is 2.91. The van der Waals surface area contributed by atoms with Crippen LogP contribution in [0.15, 0.2) is 72.8 Å². The first kappa shape index (κ1) is 23.9. The molecule has 0 aliphatic heterocycles. The fourth-order valence-corrected chi connectivity index (χ4v) is 3.08. The molecule has 0 aliphatic rings. The van der Waals surface area contributed by atoms with Gasteiger partial charge in [0.2, 0.25) is 0 Å². The molecule has 3 rings (SSSR count). The number of amides is 2. The lowest BCUT2D eigenvalue weighted by Gasteiger charge is -2.19. The predicted molar refractivity (Wildman–Crippen MR) is 133 cm³/mol. The number of carbonyl (C=O) groups excluding carboxylic acids is 2. The lowest BCUT2D eigenvalue weighted by atomic mass is 9.87. The number of hydrogen-bond acceptors (Lipinski definition) is 3. The summed E-state index contributed by atoms with van der Waals surface area (Å²) < 4.78 is 13.0. The van der Waals surface area contributed by atoms with Gasteiger partial charge < -0.3 is 10.6 Å². The van der Waals surface area contributed by atoms with Crippen molar-refractivity contribution in [3.05, 3.63) is 95.3 Å². The van der Waals surface area contributed by atoms with Crippen molar-refractivity contribution in [3.8, 4) is 0 Å². The van der Waals surface area contributed by atoms with Gasteiger partial charge in [-0.1, -0.05) is 32.9 Å². The first-order valence-electron chi connectivity index (χ1n) is 10.3. The zero-order chi connectivity index (χ0) is 24.0. The highest BCUT2D eigenvalue weighted by atomic mass is 32.1. The second kappa shape index (κ2) is 10.2. The highest BCUT2D eigenvalue weighted by Crippen LogP contribution is 2.22. The van der Waals surface area contributed by atoms with Gasteiger partial charge in [-0.2, -0.15) is 0 Å². The summed E-state index contributed by atoms with van der Waals surface area (Å²) in [5.41, 5.74) is 8.48. The quantitative estimate of drug-likeness (QED) is 0.322. The second-order valence-electron chi connectivity index (χ2n) is 8.40. The molecule has 3 aromatic carbocycles. The maximum Gasteiger partial charge on any atom is 0.269 e. The molecule has 0 heterocycles. The maximum absolute atomic E-state index is 13.0. The summed E-state index contributed by atoms with van der Waals surface area (Å²) in [4.78, 5) is 24.5. The minimum atomic E-state index is -0.402. The summed E-state index contributed by atoms with van der Waals surface area (Å²) in [6.45, 7) is 6.33. The van der Waals surface area contributed by atoms with Gasteiger partial charge in [0.15, 0.2) is 5.11 Å². The van der Waals surface area contributed by atoms with Gasteiger partial charge in [-0.15, -0.1) is 0 Å². The van der Waals surface area contributed by atoms with Crippen LogP contribution in [0.2, 0.25) is 0 Å². The van der Waals surface area contributed by atoms with E-state index in [2.05, 4.69) is 42.3 Å². The number of carbonyl (C=O) groups is 2. The summed E-state index contributed by atoms with van der Waals surface area (Å²) >= 11 is 5.21. The van der Waals surface area contributed by atoms with E-state index in [1.165, 1.54) is 24.3 Å². The second-order valence-corrected chi connectivity index (χ2v) is 8.81. The lowest BCUT2D eigenvalue weighted by molar-refractivity contribution is 0.0943. The average molecular weight is 465 g/mol. The van der Waals surface area contributed by atoms with Gasteiger partial charge >= 0.3 is 0 Å². The van der Waals surface area contributed by atoms with Gasteiger partial charge in [0.05, 0.1) is 0 Å². The normalized spacial score (nSPS) is 10.8. The number of halogens is 1. The van der Waals surface area contributed by atoms with E-state index >= 15 is 0 Å². The maximum atomic E-state index is 13.0. The van der Waals surface area contributed by atoms with Crippen LogP contribution in [0.3, 0.4) is 0 Å². The first-order valence-corrected chi connectivity index (χ1v) is 10.7. The fraction of sp³-hybridized carbons (Fsp3) is 0.160. The van der Waals surface area contributed by atoms with Crippen molar-refractivity contribution in [1.29, 1.82) is 0 Å². The van der Waals surface area contributed by atoms with Crippen molar-refractivity contribution in [3.63, 3.8) is 0 Å². The minimum Gasteiger partial charge on any atom is -0.331 e. The highest BCUT2D eigenvalue weighted by Gasteiger charge is 2.14. The zero-order valence-corrected chi connectivity index (χ0v) is 19.3. The highest BCUT2D eigenvalue weighted by molar-refractivity contribution is 7.80. The largest absolute Gasteiger partial charge is 0.331 e. The van der Waals surface area contributed by atoms with Crippen molar-refractivity contribution >= 4 is 40.5 Å². The van der Waals surface area contributed by atoms with Crippen molar-refractivity contribution < 1.29 is 14.0 Å². The van der Waals surface area contributed by atoms with E-state index < -0.39 is 5.82 Å².